The van der Waals surface area contributed by atoms with E-state index in [1.54, 1.807) is 0 Å². The van der Waals surface area contributed by atoms with Crippen molar-refractivity contribution in [3.8, 4) is 0 Å². The van der Waals surface area contributed by atoms with Gasteiger partial charge in [-0.3, -0.25) is 9.59 Å². The number of aromatic nitrogens is 4. The van der Waals surface area contributed by atoms with E-state index in [0.29, 0.717) is 5.69 Å². The predicted molar refractivity (Wildman–Crippen MR) is 82.5 cm³/mol. The van der Waals surface area contributed by atoms with Crippen molar-refractivity contribution in [3.05, 3.63) is 36.2 Å². The Morgan fingerprint density at radius 1 is 1.22 bits per heavy atom. The third-order valence-electron chi connectivity index (χ3n) is 3.08. The summed E-state index contributed by atoms with van der Waals surface area (Å²) >= 11 is 0. The molecule has 0 unspecified atom stereocenters. The number of nitrogens with zero attached hydrogens (tertiary/aromatic N) is 4. The van der Waals surface area contributed by atoms with Crippen molar-refractivity contribution in [3.63, 3.8) is 0 Å². The minimum Gasteiger partial charge on any atom is -0.454 e. The molecule has 0 radical (unpaired) electrons. The zero-order valence-electron chi connectivity index (χ0n) is 13.3. The van der Waals surface area contributed by atoms with Crippen molar-refractivity contribution in [2.24, 2.45) is 0 Å². The summed E-state index contributed by atoms with van der Waals surface area (Å²) in [6.45, 7) is 5.85. The molecule has 0 bridgehead atoms. The van der Waals surface area contributed by atoms with Crippen LogP contribution in [0.5, 0.6) is 0 Å². The first kappa shape index (κ1) is 16.6. The monoisotopic (exact) mass is 317 g/mol. The molecule has 0 aliphatic rings. The number of hydrogen-bond donors (Lipinski definition) is 1. The molecule has 122 valence electrons. The van der Waals surface area contributed by atoms with Crippen LogP contribution in [-0.4, -0.2) is 38.7 Å². The van der Waals surface area contributed by atoms with Gasteiger partial charge in [0.2, 0.25) is 0 Å². The van der Waals surface area contributed by atoms with Gasteiger partial charge in [-0.2, -0.15) is 0 Å². The lowest BCUT2D eigenvalue weighted by atomic mass is 9.87. The molecule has 1 aromatic heterocycles. The summed E-state index contributed by atoms with van der Waals surface area (Å²) in [4.78, 5) is 23.3. The van der Waals surface area contributed by atoms with Gasteiger partial charge in [-0.25, -0.2) is 4.68 Å². The van der Waals surface area contributed by atoms with Crippen molar-refractivity contribution in [2.75, 3.05) is 11.9 Å². The summed E-state index contributed by atoms with van der Waals surface area (Å²) in [6.07, 6.45) is 1.29. The Balaban J connectivity index is 1.79. The normalized spacial score (nSPS) is 11.1. The third-order valence-corrected chi connectivity index (χ3v) is 3.08. The predicted octanol–water partition coefficient (Wildman–Crippen LogP) is 1.15. The van der Waals surface area contributed by atoms with Gasteiger partial charge in [-0.15, -0.1) is 5.10 Å². The van der Waals surface area contributed by atoms with Crippen molar-refractivity contribution in [1.29, 1.82) is 0 Å². The van der Waals surface area contributed by atoms with Crippen LogP contribution in [0.2, 0.25) is 0 Å². The van der Waals surface area contributed by atoms with E-state index in [1.165, 1.54) is 16.6 Å². The van der Waals surface area contributed by atoms with Crippen LogP contribution in [0.4, 0.5) is 5.69 Å². The smallest absolute Gasteiger partial charge is 0.328 e. The molecule has 1 N–H and O–H groups in total. The maximum Gasteiger partial charge on any atom is 0.328 e. The van der Waals surface area contributed by atoms with Gasteiger partial charge >= 0.3 is 5.97 Å². The summed E-state index contributed by atoms with van der Waals surface area (Å²) in [7, 11) is 0. The second-order valence-electron chi connectivity index (χ2n) is 6.04. The number of nitrogens with one attached hydrogen (secondary N) is 1. The van der Waals surface area contributed by atoms with E-state index in [9.17, 15) is 9.59 Å². The molecule has 0 aliphatic heterocycles. The molecule has 0 atom stereocenters. The van der Waals surface area contributed by atoms with Crippen molar-refractivity contribution in [1.82, 2.24) is 20.2 Å². The summed E-state index contributed by atoms with van der Waals surface area (Å²) < 4.78 is 6.07. The van der Waals surface area contributed by atoms with Gasteiger partial charge in [0, 0.05) is 5.69 Å². The highest BCUT2D eigenvalue weighted by Gasteiger charge is 2.13. The van der Waals surface area contributed by atoms with E-state index in [1.807, 2.05) is 24.3 Å². The first-order chi connectivity index (χ1) is 10.8. The van der Waals surface area contributed by atoms with Gasteiger partial charge in [0.1, 0.15) is 12.9 Å². The van der Waals surface area contributed by atoms with Crippen LogP contribution >= 0.6 is 0 Å². The molecule has 0 aliphatic carbocycles. The van der Waals surface area contributed by atoms with E-state index in [-0.39, 0.29) is 18.6 Å². The lowest BCUT2D eigenvalue weighted by Crippen LogP contribution is -2.23. The third kappa shape index (κ3) is 5.17. The Bertz CT molecular complexity index is 659. The molecule has 0 saturated heterocycles. The van der Waals surface area contributed by atoms with Crippen molar-refractivity contribution < 1.29 is 14.3 Å². The fourth-order valence-corrected chi connectivity index (χ4v) is 1.83. The van der Waals surface area contributed by atoms with E-state index in [4.69, 9.17) is 4.74 Å². The van der Waals surface area contributed by atoms with Crippen LogP contribution in [0, 0.1) is 0 Å². The number of anilines is 1. The minimum atomic E-state index is -0.587. The molecule has 8 heteroatoms. The molecule has 1 heterocycles. The van der Waals surface area contributed by atoms with Gasteiger partial charge in [-0.1, -0.05) is 32.9 Å². The van der Waals surface area contributed by atoms with Gasteiger partial charge in [0.25, 0.3) is 5.91 Å². The maximum absolute atomic E-state index is 11.8. The highest BCUT2D eigenvalue weighted by molar-refractivity contribution is 5.92. The quantitative estimate of drug-likeness (QED) is 0.831. The molecule has 1 aromatic carbocycles. The summed E-state index contributed by atoms with van der Waals surface area (Å²) in [5.41, 5.74) is 1.87. The standard InChI is InChI=1S/C15H19N5O3/c1-15(2,3)11-4-6-12(7-5-11)17-13(21)9-23-14(22)8-20-10-16-18-19-20/h4-7,10H,8-9H2,1-3H3,(H,17,21). The van der Waals surface area contributed by atoms with Crippen LogP contribution in [0.25, 0.3) is 0 Å². The topological polar surface area (TPSA) is 99.0 Å². The van der Waals surface area contributed by atoms with Gasteiger partial charge in [-0.05, 0) is 33.5 Å². The molecular weight excluding hydrogens is 298 g/mol. The van der Waals surface area contributed by atoms with E-state index >= 15 is 0 Å². The van der Waals surface area contributed by atoms with Crippen LogP contribution in [0.15, 0.2) is 30.6 Å². The first-order valence-electron chi connectivity index (χ1n) is 7.11. The van der Waals surface area contributed by atoms with Crippen LogP contribution in [-0.2, 0) is 26.3 Å². The number of rotatable bonds is 5. The average Bonchev–Trinajstić information content (AvgIpc) is 2.98. The summed E-state index contributed by atoms with van der Waals surface area (Å²) in [6, 6.07) is 7.56. The number of benzene rings is 1. The first-order valence-corrected chi connectivity index (χ1v) is 7.11. The van der Waals surface area contributed by atoms with E-state index in [2.05, 4.69) is 41.6 Å². The zero-order chi connectivity index (χ0) is 16.9. The number of hydrogen-bond acceptors (Lipinski definition) is 6. The second-order valence-corrected chi connectivity index (χ2v) is 6.04. The van der Waals surface area contributed by atoms with E-state index < -0.39 is 11.9 Å². The van der Waals surface area contributed by atoms with Gasteiger partial charge < -0.3 is 10.1 Å². The van der Waals surface area contributed by atoms with Gasteiger partial charge in [0.15, 0.2) is 6.61 Å². The molecule has 1 amide bonds. The molecule has 0 saturated carbocycles. The molecule has 0 spiro atoms. The van der Waals surface area contributed by atoms with Gasteiger partial charge in [0.05, 0.1) is 0 Å². The average molecular weight is 317 g/mol. The fourth-order valence-electron chi connectivity index (χ4n) is 1.83. The number of amides is 1. The highest BCUT2D eigenvalue weighted by atomic mass is 16.5. The molecule has 2 aromatic rings. The summed E-state index contributed by atoms with van der Waals surface area (Å²) in [5.74, 6) is -0.992. The molecule has 23 heavy (non-hydrogen) atoms. The Hall–Kier alpha value is -2.77. The largest absolute Gasteiger partial charge is 0.454 e. The number of ether oxygens (including phenoxy) is 1. The molecular formula is C15H19N5O3. The van der Waals surface area contributed by atoms with Crippen LogP contribution < -0.4 is 5.32 Å². The lowest BCUT2D eigenvalue weighted by molar-refractivity contribution is -0.148. The Kier molecular flexibility index (Phi) is 5.05. The molecule has 8 nitrogen and oxygen atoms in total. The van der Waals surface area contributed by atoms with Crippen molar-refractivity contribution in [2.45, 2.75) is 32.7 Å². The lowest BCUT2D eigenvalue weighted by Gasteiger charge is -2.19. The Morgan fingerprint density at radius 2 is 1.91 bits per heavy atom. The highest BCUT2D eigenvalue weighted by Crippen LogP contribution is 2.23. The second kappa shape index (κ2) is 6.99. The fraction of sp³-hybridized carbons (Fsp3) is 0.400. The van der Waals surface area contributed by atoms with Crippen LogP contribution in [0.1, 0.15) is 26.3 Å². The van der Waals surface area contributed by atoms with E-state index in [0.717, 1.165) is 0 Å². The number of esters is 1. The SMILES string of the molecule is CC(C)(C)c1ccc(NC(=O)COC(=O)Cn2cnnn2)cc1. The maximum atomic E-state index is 11.8. The number of carbonyl (C=O) groups is 2. The Labute approximate surface area is 133 Å². The minimum absolute atomic E-state index is 0.0499. The van der Waals surface area contributed by atoms with Crippen molar-refractivity contribution >= 4 is 17.6 Å². The van der Waals surface area contributed by atoms with Crippen LogP contribution in [0.3, 0.4) is 0 Å². The molecule has 2 rings (SSSR count). The zero-order valence-corrected chi connectivity index (χ0v) is 13.3. The number of carbonyl (C=O) groups excluding carboxylic acids is 2. The molecule has 0 fully saturated rings. The Morgan fingerprint density at radius 3 is 2.48 bits per heavy atom. The summed E-state index contributed by atoms with van der Waals surface area (Å²) in [5, 5.41) is 13.0. The number of tetrazole rings is 1.